The van der Waals surface area contributed by atoms with Crippen LogP contribution in [-0.2, 0) is 0 Å². The van der Waals surface area contributed by atoms with Crippen LogP contribution in [0.25, 0.3) is 0 Å². The molecule has 0 saturated heterocycles. The Morgan fingerprint density at radius 1 is 1.58 bits per heavy atom. The number of hydrogen-bond donors (Lipinski definition) is 1. The van der Waals surface area contributed by atoms with Gasteiger partial charge >= 0.3 is 0 Å². The number of hydrogen-bond acceptors (Lipinski definition) is 2. The van der Waals surface area contributed by atoms with Crippen molar-refractivity contribution in [3.63, 3.8) is 0 Å². The lowest BCUT2D eigenvalue weighted by atomic mass is 10.1. The number of allylic oxidation sites excluding steroid dienone is 1. The molecule has 2 nitrogen and oxygen atoms in total. The molecule has 1 aromatic carbocycles. The summed E-state index contributed by atoms with van der Waals surface area (Å²) in [7, 11) is 0. The van der Waals surface area contributed by atoms with Gasteiger partial charge in [-0.15, -0.1) is 0 Å². The normalized spacial score (nSPS) is 9.42. The molecule has 1 aromatic rings. The highest BCUT2D eigenvalue weighted by Crippen LogP contribution is 2.23. The van der Waals surface area contributed by atoms with Crippen LogP contribution in [0.3, 0.4) is 0 Å². The topological polar surface area (TPSA) is 37.3 Å². The van der Waals surface area contributed by atoms with E-state index in [-0.39, 0.29) is 16.6 Å². The molecule has 0 aliphatic rings. The van der Waals surface area contributed by atoms with E-state index in [4.69, 9.17) is 16.7 Å². The molecule has 0 spiro atoms. The van der Waals surface area contributed by atoms with E-state index in [1.807, 2.05) is 0 Å². The lowest BCUT2D eigenvalue weighted by Crippen LogP contribution is -1.92. The molecule has 0 aliphatic heterocycles. The molecule has 0 heterocycles. The van der Waals surface area contributed by atoms with E-state index in [9.17, 15) is 4.79 Å². The van der Waals surface area contributed by atoms with Gasteiger partial charge in [-0.05, 0) is 24.3 Å². The lowest BCUT2D eigenvalue weighted by Gasteiger charge is -1.98. The van der Waals surface area contributed by atoms with E-state index in [1.54, 1.807) is 0 Å². The number of benzene rings is 1. The Balaban J connectivity index is 3.13. The van der Waals surface area contributed by atoms with Crippen molar-refractivity contribution in [2.45, 2.75) is 0 Å². The summed E-state index contributed by atoms with van der Waals surface area (Å²) in [5.74, 6) is -0.242. The van der Waals surface area contributed by atoms with Crippen molar-refractivity contribution in [3.05, 3.63) is 41.4 Å². The van der Waals surface area contributed by atoms with Gasteiger partial charge in [0.2, 0.25) is 0 Å². The first kappa shape index (κ1) is 8.81. The fourth-order valence-electron chi connectivity index (χ4n) is 0.778. The van der Waals surface area contributed by atoms with E-state index < -0.39 is 0 Å². The number of carbonyl (C=O) groups is 1. The summed E-state index contributed by atoms with van der Waals surface area (Å²) in [6, 6.07) is 4.27. The summed E-state index contributed by atoms with van der Waals surface area (Å²) in [5, 5.41) is 9.20. The predicted octanol–water partition coefficient (Wildman–Crippen LogP) is 2.41. The molecule has 0 radical (unpaired) electrons. The molecule has 0 atom stereocenters. The molecule has 0 aliphatic carbocycles. The highest BCUT2D eigenvalue weighted by Gasteiger charge is 2.03. The molecule has 0 amide bonds. The zero-order chi connectivity index (χ0) is 9.14. The highest BCUT2D eigenvalue weighted by atomic mass is 35.5. The Labute approximate surface area is 75.1 Å². The molecule has 3 heteroatoms. The maximum atomic E-state index is 11.0. The van der Waals surface area contributed by atoms with Gasteiger partial charge < -0.3 is 5.11 Å². The van der Waals surface area contributed by atoms with Gasteiger partial charge in [-0.1, -0.05) is 18.2 Å². The lowest BCUT2D eigenvalue weighted by molar-refractivity contribution is 0.104. The monoisotopic (exact) mass is 182 g/mol. The number of rotatable bonds is 2. The number of ketones is 1. The maximum Gasteiger partial charge on any atom is 0.185 e. The Morgan fingerprint density at radius 3 is 2.75 bits per heavy atom. The second-order valence-corrected chi connectivity index (χ2v) is 2.64. The molecule has 0 fully saturated rings. The zero-order valence-electron chi connectivity index (χ0n) is 6.25. The van der Waals surface area contributed by atoms with E-state index in [1.165, 1.54) is 24.3 Å². The van der Waals surface area contributed by atoms with Crippen LogP contribution >= 0.6 is 11.6 Å². The third-order valence-corrected chi connectivity index (χ3v) is 1.72. The summed E-state index contributed by atoms with van der Waals surface area (Å²) in [5.41, 5.74) is 0.424. The Bertz CT molecular complexity index is 331. The largest absolute Gasteiger partial charge is 0.506 e. The molecule has 1 rings (SSSR count). The third-order valence-electron chi connectivity index (χ3n) is 1.42. The average Bonchev–Trinajstić information content (AvgIpc) is 2.08. The van der Waals surface area contributed by atoms with E-state index in [2.05, 4.69) is 6.58 Å². The van der Waals surface area contributed by atoms with E-state index in [0.717, 1.165) is 0 Å². The Morgan fingerprint density at radius 2 is 2.25 bits per heavy atom. The summed E-state index contributed by atoms with van der Waals surface area (Å²) in [6.07, 6.45) is 1.20. The van der Waals surface area contributed by atoms with Gasteiger partial charge in [0.25, 0.3) is 0 Å². The standard InChI is InChI=1S/C9H7ClO2/c1-2-8(11)6-3-4-9(12)7(10)5-6/h2-5,12H,1H2. The van der Waals surface area contributed by atoms with Crippen LogP contribution in [0, 0.1) is 0 Å². The molecule has 0 unspecified atom stereocenters. The zero-order valence-corrected chi connectivity index (χ0v) is 7.01. The Hall–Kier alpha value is -1.28. The maximum absolute atomic E-state index is 11.0. The van der Waals surface area contributed by atoms with Crippen LogP contribution in [-0.4, -0.2) is 10.9 Å². The number of carbonyl (C=O) groups excluding carboxylic acids is 1. The van der Waals surface area contributed by atoms with Gasteiger partial charge in [0.1, 0.15) is 5.75 Å². The number of aromatic hydroxyl groups is 1. The smallest absolute Gasteiger partial charge is 0.185 e. The Kier molecular flexibility index (Phi) is 2.51. The van der Waals surface area contributed by atoms with Crippen LogP contribution in [0.2, 0.25) is 5.02 Å². The van der Waals surface area contributed by atoms with Crippen molar-refractivity contribution in [2.75, 3.05) is 0 Å². The third kappa shape index (κ3) is 1.66. The number of phenolic OH excluding ortho intramolecular Hbond substituents is 1. The van der Waals surface area contributed by atoms with Crippen LogP contribution in [0.1, 0.15) is 10.4 Å². The quantitative estimate of drug-likeness (QED) is 0.564. The first-order chi connectivity index (χ1) is 5.65. The van der Waals surface area contributed by atoms with Crippen molar-refractivity contribution < 1.29 is 9.90 Å². The predicted molar refractivity (Wildman–Crippen MR) is 47.6 cm³/mol. The van der Waals surface area contributed by atoms with Crippen LogP contribution < -0.4 is 0 Å². The minimum atomic E-state index is -0.211. The summed E-state index contributed by atoms with van der Waals surface area (Å²) in [4.78, 5) is 11.0. The average molecular weight is 183 g/mol. The summed E-state index contributed by atoms with van der Waals surface area (Å²) < 4.78 is 0. The fraction of sp³-hybridized carbons (Fsp3) is 0. The van der Waals surface area contributed by atoms with Gasteiger partial charge in [-0.3, -0.25) is 4.79 Å². The second kappa shape index (κ2) is 3.41. The van der Waals surface area contributed by atoms with Crippen LogP contribution in [0.4, 0.5) is 0 Å². The van der Waals surface area contributed by atoms with Crippen LogP contribution in [0.15, 0.2) is 30.9 Å². The summed E-state index contributed by atoms with van der Waals surface area (Å²) >= 11 is 5.58. The minimum absolute atomic E-state index is 0.0303. The van der Waals surface area contributed by atoms with Crippen molar-refractivity contribution in [3.8, 4) is 5.75 Å². The van der Waals surface area contributed by atoms with Crippen molar-refractivity contribution in [1.82, 2.24) is 0 Å². The first-order valence-corrected chi connectivity index (χ1v) is 3.68. The van der Waals surface area contributed by atoms with Crippen molar-refractivity contribution in [2.24, 2.45) is 0 Å². The van der Waals surface area contributed by atoms with Crippen LogP contribution in [0.5, 0.6) is 5.75 Å². The van der Waals surface area contributed by atoms with Gasteiger partial charge in [-0.2, -0.15) is 0 Å². The number of halogens is 1. The van der Waals surface area contributed by atoms with E-state index in [0.29, 0.717) is 5.56 Å². The van der Waals surface area contributed by atoms with E-state index >= 15 is 0 Å². The summed E-state index contributed by atoms with van der Waals surface area (Å²) in [6.45, 7) is 3.33. The molecular formula is C9H7ClO2. The number of phenols is 1. The fourth-order valence-corrected chi connectivity index (χ4v) is 0.959. The second-order valence-electron chi connectivity index (χ2n) is 2.23. The van der Waals surface area contributed by atoms with Crippen molar-refractivity contribution in [1.29, 1.82) is 0 Å². The molecule has 0 aromatic heterocycles. The first-order valence-electron chi connectivity index (χ1n) is 3.30. The molecule has 0 bridgehead atoms. The highest BCUT2D eigenvalue weighted by molar-refractivity contribution is 6.32. The molecule has 0 saturated carbocycles. The van der Waals surface area contributed by atoms with Gasteiger partial charge in [-0.25, -0.2) is 0 Å². The SMILES string of the molecule is C=CC(=O)c1ccc(O)c(Cl)c1. The van der Waals surface area contributed by atoms with Gasteiger partial charge in [0.15, 0.2) is 5.78 Å². The van der Waals surface area contributed by atoms with Crippen molar-refractivity contribution >= 4 is 17.4 Å². The molecule has 1 N–H and O–H groups in total. The van der Waals surface area contributed by atoms with Gasteiger partial charge in [0.05, 0.1) is 5.02 Å². The molecular weight excluding hydrogens is 176 g/mol. The minimum Gasteiger partial charge on any atom is -0.506 e. The molecule has 62 valence electrons. The molecule has 12 heavy (non-hydrogen) atoms. The van der Waals surface area contributed by atoms with Gasteiger partial charge in [0, 0.05) is 5.56 Å².